The summed E-state index contributed by atoms with van der Waals surface area (Å²) in [6.45, 7) is 12.8. The van der Waals surface area contributed by atoms with Gasteiger partial charge in [-0.25, -0.2) is 4.79 Å². The monoisotopic (exact) mass is 572 g/mol. The van der Waals surface area contributed by atoms with Gasteiger partial charge in [0.15, 0.2) is 0 Å². The minimum Gasteiger partial charge on any atom is -0.444 e. The van der Waals surface area contributed by atoms with Crippen molar-refractivity contribution in [2.45, 2.75) is 85.4 Å². The second-order valence-corrected chi connectivity index (χ2v) is 11.3. The second kappa shape index (κ2) is 14.2. The van der Waals surface area contributed by atoms with Crippen LogP contribution in [0.25, 0.3) is 0 Å². The van der Waals surface area contributed by atoms with Gasteiger partial charge in [-0.2, -0.15) is 0 Å². The maximum atomic E-state index is 14.1. The Morgan fingerprint density at radius 1 is 1.05 bits per heavy atom. The molecule has 0 radical (unpaired) electrons. The topological polar surface area (TPSA) is 131 Å². The summed E-state index contributed by atoms with van der Waals surface area (Å²) in [5.41, 5.74) is 8.22. The molecule has 0 aliphatic heterocycles. The minimum atomic E-state index is -1.16. The highest BCUT2D eigenvalue weighted by Gasteiger charge is 2.37. The standard InChI is InChI=1S/C30H41ClN4O5/c1-8-16-35(28(38)23(14-15-24(32)36)33-29(39)40-30(5,6)7)26(21-13-12-18(2)17-20(21)4)27(37)34-25-19(3)10-9-11-22(25)31/h9-13,17,23,26H,8,14-16H2,1-7H3,(H2,32,36)(H,33,39)(H,34,37). The molecular weight excluding hydrogens is 532 g/mol. The van der Waals surface area contributed by atoms with Crippen molar-refractivity contribution < 1.29 is 23.9 Å². The maximum Gasteiger partial charge on any atom is 0.408 e. The number of aryl methyl sites for hydroxylation is 3. The van der Waals surface area contributed by atoms with E-state index in [9.17, 15) is 19.2 Å². The van der Waals surface area contributed by atoms with E-state index in [4.69, 9.17) is 22.1 Å². The van der Waals surface area contributed by atoms with Gasteiger partial charge in [0.05, 0.1) is 10.7 Å². The van der Waals surface area contributed by atoms with Crippen molar-refractivity contribution >= 4 is 41.1 Å². The van der Waals surface area contributed by atoms with Gasteiger partial charge in [0.25, 0.3) is 5.91 Å². The molecule has 0 aliphatic rings. The highest BCUT2D eigenvalue weighted by atomic mass is 35.5. The largest absolute Gasteiger partial charge is 0.444 e. The number of nitrogens with zero attached hydrogens (tertiary/aromatic N) is 1. The lowest BCUT2D eigenvalue weighted by molar-refractivity contribution is -0.141. The van der Waals surface area contributed by atoms with E-state index in [2.05, 4.69) is 10.6 Å². The Morgan fingerprint density at radius 2 is 1.73 bits per heavy atom. The summed E-state index contributed by atoms with van der Waals surface area (Å²) < 4.78 is 5.36. The van der Waals surface area contributed by atoms with E-state index in [1.165, 1.54) is 4.90 Å². The third kappa shape index (κ3) is 9.26. The van der Waals surface area contributed by atoms with E-state index in [1.807, 2.05) is 52.0 Å². The molecule has 0 heterocycles. The van der Waals surface area contributed by atoms with Crippen LogP contribution in [0.2, 0.25) is 5.02 Å². The van der Waals surface area contributed by atoms with Crippen molar-refractivity contribution in [3.05, 3.63) is 63.7 Å². The van der Waals surface area contributed by atoms with Gasteiger partial charge in [-0.1, -0.05) is 54.4 Å². The van der Waals surface area contributed by atoms with Crippen LogP contribution in [0.15, 0.2) is 36.4 Å². The predicted molar refractivity (Wildman–Crippen MR) is 157 cm³/mol. The number of ether oxygens (including phenoxy) is 1. The molecule has 4 amide bonds. The van der Waals surface area contributed by atoms with Crippen molar-refractivity contribution in [2.75, 3.05) is 11.9 Å². The number of hydrogen-bond acceptors (Lipinski definition) is 5. The van der Waals surface area contributed by atoms with Crippen LogP contribution in [-0.2, 0) is 19.1 Å². The van der Waals surface area contributed by atoms with Crippen LogP contribution < -0.4 is 16.4 Å². The highest BCUT2D eigenvalue weighted by molar-refractivity contribution is 6.34. The van der Waals surface area contributed by atoms with E-state index >= 15 is 0 Å². The van der Waals surface area contributed by atoms with Gasteiger partial charge in [-0.05, 0) is 77.1 Å². The Hall–Kier alpha value is -3.59. The van der Waals surface area contributed by atoms with Gasteiger partial charge in [0, 0.05) is 13.0 Å². The molecule has 0 spiro atoms. The first-order valence-corrected chi connectivity index (χ1v) is 13.7. The van der Waals surface area contributed by atoms with Crippen LogP contribution in [0.5, 0.6) is 0 Å². The van der Waals surface area contributed by atoms with Crippen LogP contribution in [0, 0.1) is 20.8 Å². The molecular formula is C30H41ClN4O5. The van der Waals surface area contributed by atoms with Gasteiger partial charge in [0.2, 0.25) is 11.8 Å². The third-order valence-electron chi connectivity index (χ3n) is 6.17. The van der Waals surface area contributed by atoms with Crippen LogP contribution in [0.3, 0.4) is 0 Å². The van der Waals surface area contributed by atoms with E-state index < -0.39 is 41.5 Å². The Morgan fingerprint density at radius 3 is 2.27 bits per heavy atom. The zero-order valence-electron chi connectivity index (χ0n) is 24.4. The fourth-order valence-corrected chi connectivity index (χ4v) is 4.64. The van der Waals surface area contributed by atoms with Crippen molar-refractivity contribution in [3.63, 3.8) is 0 Å². The first-order valence-electron chi connectivity index (χ1n) is 13.4. The van der Waals surface area contributed by atoms with Crippen LogP contribution in [-0.4, -0.2) is 46.9 Å². The van der Waals surface area contributed by atoms with E-state index in [-0.39, 0.29) is 19.4 Å². The van der Waals surface area contributed by atoms with Gasteiger partial charge >= 0.3 is 6.09 Å². The summed E-state index contributed by atoms with van der Waals surface area (Å²) in [5, 5.41) is 5.88. The zero-order valence-corrected chi connectivity index (χ0v) is 25.1. The molecule has 0 saturated carbocycles. The quantitative estimate of drug-likeness (QED) is 0.334. The number of carbonyl (C=O) groups excluding carboxylic acids is 4. The number of amides is 4. The van der Waals surface area contributed by atoms with Gasteiger partial charge in [-0.15, -0.1) is 0 Å². The molecule has 0 aromatic heterocycles. The fourth-order valence-electron chi connectivity index (χ4n) is 4.37. The zero-order chi connectivity index (χ0) is 30.2. The lowest BCUT2D eigenvalue weighted by atomic mass is 9.95. The van der Waals surface area contributed by atoms with Crippen molar-refractivity contribution in [1.82, 2.24) is 10.2 Å². The van der Waals surface area contributed by atoms with Crippen molar-refractivity contribution in [1.29, 1.82) is 0 Å². The number of rotatable bonds is 11. The Labute approximate surface area is 241 Å². The number of alkyl carbamates (subject to hydrolysis) is 1. The molecule has 4 N–H and O–H groups in total. The molecule has 10 heteroatoms. The molecule has 0 saturated heterocycles. The summed E-state index contributed by atoms with van der Waals surface area (Å²) in [4.78, 5) is 53.9. The van der Waals surface area contributed by atoms with Gasteiger partial charge < -0.3 is 26.0 Å². The normalized spacial score (nSPS) is 12.7. The maximum absolute atomic E-state index is 14.1. The Kier molecular flexibility index (Phi) is 11.5. The first kappa shape index (κ1) is 32.6. The van der Waals surface area contributed by atoms with E-state index in [1.54, 1.807) is 32.9 Å². The molecule has 0 bridgehead atoms. The molecule has 2 unspecified atom stereocenters. The number of carbonyl (C=O) groups is 4. The summed E-state index contributed by atoms with van der Waals surface area (Å²) in [6, 6.07) is 8.72. The molecule has 2 aromatic rings. The molecule has 2 atom stereocenters. The SMILES string of the molecule is CCCN(C(=O)C(CCC(N)=O)NC(=O)OC(C)(C)C)C(C(=O)Nc1c(C)cccc1Cl)c1ccc(C)cc1C. The summed E-state index contributed by atoms with van der Waals surface area (Å²) in [6.07, 6.45) is -0.490. The minimum absolute atomic E-state index is 0.0571. The lowest BCUT2D eigenvalue weighted by Gasteiger charge is -2.35. The predicted octanol–water partition coefficient (Wildman–Crippen LogP) is 5.34. The highest BCUT2D eigenvalue weighted by Crippen LogP contribution is 2.31. The fraction of sp³-hybridized carbons (Fsp3) is 0.467. The number of primary amides is 1. The number of benzene rings is 2. The Balaban J connectivity index is 2.59. The molecule has 40 heavy (non-hydrogen) atoms. The molecule has 9 nitrogen and oxygen atoms in total. The summed E-state index contributed by atoms with van der Waals surface area (Å²) in [7, 11) is 0. The summed E-state index contributed by atoms with van der Waals surface area (Å²) >= 11 is 6.41. The molecule has 2 rings (SSSR count). The average molecular weight is 573 g/mol. The van der Waals surface area contributed by atoms with Crippen LogP contribution >= 0.6 is 11.6 Å². The lowest BCUT2D eigenvalue weighted by Crippen LogP contribution is -2.53. The van der Waals surface area contributed by atoms with Crippen LogP contribution in [0.4, 0.5) is 10.5 Å². The Bertz CT molecular complexity index is 1220. The van der Waals surface area contributed by atoms with Crippen LogP contribution in [0.1, 0.15) is 75.3 Å². The van der Waals surface area contributed by atoms with E-state index in [0.29, 0.717) is 22.7 Å². The smallest absolute Gasteiger partial charge is 0.408 e. The number of nitrogens with one attached hydrogen (secondary N) is 2. The van der Waals surface area contributed by atoms with Crippen molar-refractivity contribution in [3.8, 4) is 0 Å². The average Bonchev–Trinajstić information content (AvgIpc) is 2.83. The number of hydrogen-bond donors (Lipinski definition) is 3. The number of para-hydroxylation sites is 1. The number of halogens is 1. The van der Waals surface area contributed by atoms with E-state index in [0.717, 1.165) is 16.7 Å². The third-order valence-corrected chi connectivity index (χ3v) is 6.48. The molecule has 0 fully saturated rings. The summed E-state index contributed by atoms with van der Waals surface area (Å²) in [5.74, 6) is -1.62. The second-order valence-electron chi connectivity index (χ2n) is 10.9. The van der Waals surface area contributed by atoms with Gasteiger partial charge in [0.1, 0.15) is 17.7 Å². The number of nitrogens with two attached hydrogens (primary N) is 1. The van der Waals surface area contributed by atoms with Crippen molar-refractivity contribution in [2.24, 2.45) is 5.73 Å². The number of anilines is 1. The molecule has 218 valence electrons. The molecule has 0 aliphatic carbocycles. The van der Waals surface area contributed by atoms with Gasteiger partial charge in [-0.3, -0.25) is 14.4 Å². The molecule has 2 aromatic carbocycles. The first-order chi connectivity index (χ1) is 18.6.